The number of benzene rings is 4. The van der Waals surface area contributed by atoms with E-state index in [2.05, 4.69) is 4.98 Å². The monoisotopic (exact) mass is 440 g/mol. The van der Waals surface area contributed by atoms with Crippen molar-refractivity contribution >= 4 is 34.1 Å². The van der Waals surface area contributed by atoms with Gasteiger partial charge in [0.2, 0.25) is 0 Å². The fraction of sp³-hybridized carbons (Fsp3) is 0.0357. The molecule has 32 heavy (non-hydrogen) atoms. The Bertz CT molecular complexity index is 1240. The van der Waals surface area contributed by atoms with Crippen LogP contribution in [0.15, 0.2) is 127 Å². The quantitative estimate of drug-likeness (QED) is 0.293. The van der Waals surface area contributed by atoms with Gasteiger partial charge in [0.15, 0.2) is 13.0 Å². The first-order valence-electron chi connectivity index (χ1n) is 10.4. The number of nitrogens with zero attached hydrogens (tertiary/aromatic N) is 1. The van der Waals surface area contributed by atoms with E-state index in [1.54, 1.807) is 12.1 Å². The topological polar surface area (TPSA) is 12.9 Å². The molecule has 0 N–H and O–H groups in total. The van der Waals surface area contributed by atoms with Gasteiger partial charge in [0.1, 0.15) is 15.9 Å². The predicted octanol–water partition coefficient (Wildman–Crippen LogP) is 6.28. The van der Waals surface area contributed by atoms with Gasteiger partial charge in [0, 0.05) is 5.39 Å². The third-order valence-corrected chi connectivity index (χ3v) is 10.0. The summed E-state index contributed by atoms with van der Waals surface area (Å²) in [4.78, 5) is 4.47. The molecule has 4 aromatic carbocycles. The van der Waals surface area contributed by atoms with Crippen molar-refractivity contribution in [3.8, 4) is 0 Å². The highest BCUT2D eigenvalue weighted by molar-refractivity contribution is 7.96. The smallest absolute Gasteiger partial charge is 0.242 e. The van der Waals surface area contributed by atoms with Gasteiger partial charge in [0.05, 0.1) is 5.52 Å². The third kappa shape index (κ3) is 3.21. The summed E-state index contributed by atoms with van der Waals surface area (Å²) in [5, 5.41) is 2.71. The summed E-state index contributed by atoms with van der Waals surface area (Å²) in [5.41, 5.74) is -2.88. The molecule has 0 unspecified atom stereocenters. The molecular weight excluding hydrogens is 419 g/mol. The first kappa shape index (κ1) is 20.5. The van der Waals surface area contributed by atoms with Crippen LogP contribution in [0.5, 0.6) is 0 Å². The van der Waals surface area contributed by atoms with Gasteiger partial charge < -0.3 is 0 Å². The summed E-state index contributed by atoms with van der Waals surface area (Å²) in [6.45, 7) is 0. The number of fused-ring (bicyclic) bond motifs is 1. The number of hydrogen-bond donors (Lipinski definition) is 0. The number of pyridine rings is 1. The molecule has 1 heterocycles. The molecule has 1 nitrogen and oxygen atoms in total. The normalized spacial score (nSPS) is 12.1. The van der Waals surface area contributed by atoms with Gasteiger partial charge in [-0.3, -0.25) is 0 Å². The van der Waals surface area contributed by atoms with E-state index in [1.807, 2.05) is 109 Å². The molecule has 5 rings (SSSR count). The van der Waals surface area contributed by atoms with Gasteiger partial charge in [-0.05, 0) is 48.5 Å². The zero-order valence-corrected chi connectivity index (χ0v) is 18.2. The van der Waals surface area contributed by atoms with Gasteiger partial charge in [-0.25, -0.2) is 4.98 Å². The summed E-state index contributed by atoms with van der Waals surface area (Å²) in [6, 6.07) is 38.1. The maximum atomic E-state index is 17.0. The fourth-order valence-electron chi connectivity index (χ4n) is 4.29. The minimum atomic E-state index is -3.45. The summed E-state index contributed by atoms with van der Waals surface area (Å²) < 4.78 is 34.1. The van der Waals surface area contributed by atoms with Crippen molar-refractivity contribution in [2.24, 2.45) is 0 Å². The van der Waals surface area contributed by atoms with E-state index >= 15 is 8.78 Å². The van der Waals surface area contributed by atoms with E-state index in [9.17, 15) is 0 Å². The average molecular weight is 440 g/mol. The first-order chi connectivity index (χ1) is 15.6. The lowest BCUT2D eigenvalue weighted by atomic mass is 10.2. The molecule has 0 bridgehead atoms. The van der Waals surface area contributed by atoms with Crippen molar-refractivity contribution in [1.82, 2.24) is 4.98 Å². The zero-order valence-electron chi connectivity index (χ0n) is 17.3. The van der Waals surface area contributed by atoms with E-state index in [-0.39, 0.29) is 5.69 Å². The minimum Gasteiger partial charge on any atom is -0.242 e. The van der Waals surface area contributed by atoms with Crippen LogP contribution >= 0.6 is 7.26 Å². The number of aromatic nitrogens is 1. The minimum absolute atomic E-state index is 0.207. The van der Waals surface area contributed by atoms with Crippen molar-refractivity contribution < 1.29 is 8.78 Å². The van der Waals surface area contributed by atoms with Gasteiger partial charge >= 0.3 is 5.66 Å². The van der Waals surface area contributed by atoms with Gasteiger partial charge in [0.25, 0.3) is 0 Å². The second-order valence-corrected chi connectivity index (χ2v) is 11.1. The third-order valence-electron chi connectivity index (χ3n) is 5.76. The van der Waals surface area contributed by atoms with Crippen LogP contribution < -0.4 is 15.9 Å². The molecule has 5 aromatic rings. The van der Waals surface area contributed by atoms with Crippen molar-refractivity contribution in [3.63, 3.8) is 0 Å². The van der Waals surface area contributed by atoms with Crippen molar-refractivity contribution in [2.45, 2.75) is 5.66 Å². The summed E-state index contributed by atoms with van der Waals surface area (Å²) in [6.07, 6.45) is 0. The van der Waals surface area contributed by atoms with Gasteiger partial charge in [-0.15, -0.1) is 0 Å². The van der Waals surface area contributed by atoms with Crippen LogP contribution in [0.25, 0.3) is 10.9 Å². The Labute approximate surface area is 186 Å². The number of rotatable bonds is 5. The lowest BCUT2D eigenvalue weighted by molar-refractivity contribution is 0.0923. The summed E-state index contributed by atoms with van der Waals surface area (Å²) in [7, 11) is -3.45. The Balaban J connectivity index is 1.88. The fourth-order valence-corrected chi connectivity index (χ4v) is 8.49. The molecular formula is C28H21F2NP+. The second kappa shape index (κ2) is 8.26. The first-order valence-corrected chi connectivity index (χ1v) is 12.2. The van der Waals surface area contributed by atoms with Crippen LogP contribution in [0.4, 0.5) is 8.78 Å². The second-order valence-electron chi connectivity index (χ2n) is 7.61. The molecule has 0 amide bonds. The maximum absolute atomic E-state index is 17.0. The summed E-state index contributed by atoms with van der Waals surface area (Å²) >= 11 is 0. The number of alkyl halides is 2. The average Bonchev–Trinajstić information content (AvgIpc) is 2.86. The molecule has 156 valence electrons. The highest BCUT2D eigenvalue weighted by Gasteiger charge is 2.67. The molecule has 0 aliphatic heterocycles. The predicted molar refractivity (Wildman–Crippen MR) is 131 cm³/mol. The molecule has 4 heteroatoms. The zero-order chi connectivity index (χ0) is 22.0. The van der Waals surface area contributed by atoms with Crippen LogP contribution in [0, 0.1) is 0 Å². The van der Waals surface area contributed by atoms with Crippen molar-refractivity contribution in [1.29, 1.82) is 0 Å². The Hall–Kier alpha value is -3.42. The molecule has 0 fully saturated rings. The number of halogens is 2. The highest BCUT2D eigenvalue weighted by atomic mass is 31.2. The highest BCUT2D eigenvalue weighted by Crippen LogP contribution is 2.71. The van der Waals surface area contributed by atoms with E-state index in [4.69, 9.17) is 0 Å². The van der Waals surface area contributed by atoms with E-state index < -0.39 is 12.9 Å². The van der Waals surface area contributed by atoms with Crippen LogP contribution in [0.3, 0.4) is 0 Å². The summed E-state index contributed by atoms with van der Waals surface area (Å²) in [5.74, 6) is 0. The van der Waals surface area contributed by atoms with E-state index in [0.29, 0.717) is 21.4 Å². The van der Waals surface area contributed by atoms with E-state index in [0.717, 1.165) is 5.39 Å². The molecule has 1 aromatic heterocycles. The SMILES string of the molecule is FC(F)(c1ccc2ccccc2n1)[P+](c1ccccc1)(c1ccccc1)c1ccccc1. The largest absolute Gasteiger partial charge is 0.410 e. The van der Waals surface area contributed by atoms with Gasteiger partial charge in [-0.2, -0.15) is 8.78 Å². The number of para-hydroxylation sites is 1. The van der Waals surface area contributed by atoms with Crippen LogP contribution in [-0.4, -0.2) is 4.98 Å². The standard InChI is InChI=1S/C28H21F2NP/c29-28(30,27-21-20-22-12-10-11-19-26(22)31-27)32(23-13-4-1-5-14-23,24-15-6-2-7-16-24)25-17-8-3-9-18-25/h1-21H/q+1. The lowest BCUT2D eigenvalue weighted by Crippen LogP contribution is -2.41. The van der Waals surface area contributed by atoms with Crippen molar-refractivity contribution in [3.05, 3.63) is 133 Å². The molecule has 0 aliphatic rings. The number of hydrogen-bond acceptors (Lipinski definition) is 1. The van der Waals surface area contributed by atoms with Crippen molar-refractivity contribution in [2.75, 3.05) is 0 Å². The molecule has 0 atom stereocenters. The van der Waals surface area contributed by atoms with Crippen LogP contribution in [0.2, 0.25) is 0 Å². The van der Waals surface area contributed by atoms with E-state index in [1.165, 1.54) is 6.07 Å². The molecule has 0 radical (unpaired) electrons. The molecule has 0 aliphatic carbocycles. The molecule has 0 saturated carbocycles. The molecule has 0 spiro atoms. The Morgan fingerprint density at radius 3 is 1.44 bits per heavy atom. The maximum Gasteiger partial charge on any atom is 0.410 e. The Morgan fingerprint density at radius 2 is 0.938 bits per heavy atom. The van der Waals surface area contributed by atoms with Crippen LogP contribution in [0.1, 0.15) is 5.69 Å². The van der Waals surface area contributed by atoms with Crippen LogP contribution in [-0.2, 0) is 5.66 Å². The Morgan fingerprint density at radius 1 is 0.500 bits per heavy atom. The Kier molecular flexibility index (Phi) is 5.28. The van der Waals surface area contributed by atoms with Gasteiger partial charge in [-0.1, -0.05) is 78.9 Å². The molecule has 0 saturated heterocycles. The lowest BCUT2D eigenvalue weighted by Gasteiger charge is -2.33.